The molecule has 1 N–H and O–H groups in total. The van der Waals surface area contributed by atoms with Gasteiger partial charge < -0.3 is 14.5 Å². The Kier molecular flexibility index (Phi) is 5.25. The maximum atomic E-state index is 13.1. The molecule has 0 radical (unpaired) electrons. The number of esters is 1. The van der Waals surface area contributed by atoms with Crippen LogP contribution in [0.3, 0.4) is 0 Å². The van der Waals surface area contributed by atoms with E-state index >= 15 is 0 Å². The average Bonchev–Trinajstić information content (AvgIpc) is 3.47. The molecule has 0 unspecified atom stereocenters. The molecule has 6 nitrogen and oxygen atoms in total. The monoisotopic (exact) mass is 424 g/mol. The molecule has 2 aromatic heterocycles. The highest BCUT2D eigenvalue weighted by Gasteiger charge is 2.28. The Hall–Kier alpha value is -4.19. The molecule has 5 rings (SSSR count). The lowest BCUT2D eigenvalue weighted by Gasteiger charge is -2.12. The van der Waals surface area contributed by atoms with Gasteiger partial charge in [0.2, 0.25) is 0 Å². The highest BCUT2D eigenvalue weighted by molar-refractivity contribution is 6.07. The van der Waals surface area contributed by atoms with Crippen LogP contribution in [0.4, 0.5) is 5.69 Å². The van der Waals surface area contributed by atoms with E-state index in [1.165, 1.54) is 0 Å². The Morgan fingerprint density at radius 2 is 1.81 bits per heavy atom. The van der Waals surface area contributed by atoms with Crippen molar-refractivity contribution in [3.63, 3.8) is 0 Å². The number of nitrogens with one attached hydrogen (secondary N) is 1. The van der Waals surface area contributed by atoms with Crippen molar-refractivity contribution >= 4 is 40.1 Å². The molecule has 0 saturated heterocycles. The number of amides is 1. The number of ether oxygens (including phenoxy) is 1. The molecule has 4 aromatic rings. The zero-order valence-corrected chi connectivity index (χ0v) is 17.2. The third-order valence-electron chi connectivity index (χ3n) is 5.40. The van der Waals surface area contributed by atoms with Crippen LogP contribution in [-0.4, -0.2) is 23.5 Å². The van der Waals surface area contributed by atoms with E-state index in [2.05, 4.69) is 5.32 Å². The van der Waals surface area contributed by atoms with Crippen molar-refractivity contribution in [2.45, 2.75) is 12.8 Å². The maximum Gasteiger partial charge on any atom is 0.339 e. The molecule has 0 saturated carbocycles. The van der Waals surface area contributed by atoms with Crippen molar-refractivity contribution in [3.8, 4) is 0 Å². The first kappa shape index (κ1) is 19.8. The summed E-state index contributed by atoms with van der Waals surface area (Å²) >= 11 is 0. The topological polar surface area (TPSA) is 81.4 Å². The normalized spacial score (nSPS) is 13.8. The van der Waals surface area contributed by atoms with Crippen LogP contribution < -0.4 is 5.32 Å². The minimum absolute atomic E-state index is 0.367. The van der Waals surface area contributed by atoms with Crippen LogP contribution in [-0.2, 0) is 16.0 Å². The van der Waals surface area contributed by atoms with E-state index in [0.717, 1.165) is 34.4 Å². The first-order valence-corrected chi connectivity index (χ1v) is 10.4. The van der Waals surface area contributed by atoms with Crippen molar-refractivity contribution in [1.29, 1.82) is 0 Å². The van der Waals surface area contributed by atoms with E-state index in [4.69, 9.17) is 14.1 Å². The van der Waals surface area contributed by atoms with Crippen LogP contribution in [0.25, 0.3) is 22.6 Å². The number of carbonyl (C=O) groups is 2. The van der Waals surface area contributed by atoms with Crippen molar-refractivity contribution in [2.24, 2.45) is 0 Å². The second-order valence-corrected chi connectivity index (χ2v) is 7.51. The predicted octanol–water partition coefficient (Wildman–Crippen LogP) is 5.11. The number of aromatic nitrogens is 1. The van der Waals surface area contributed by atoms with Crippen LogP contribution in [0, 0.1) is 0 Å². The van der Waals surface area contributed by atoms with Gasteiger partial charge >= 0.3 is 5.97 Å². The van der Waals surface area contributed by atoms with Crippen LogP contribution in [0.1, 0.15) is 33.8 Å². The van der Waals surface area contributed by atoms with Crippen LogP contribution in [0.2, 0.25) is 0 Å². The summed E-state index contributed by atoms with van der Waals surface area (Å²) in [5.74, 6) is -0.176. The molecule has 0 atom stereocenters. The van der Waals surface area contributed by atoms with Gasteiger partial charge in [0.05, 0.1) is 23.0 Å². The number of carbonyl (C=O) groups excluding carboxylic acids is 2. The van der Waals surface area contributed by atoms with Crippen molar-refractivity contribution in [2.75, 3.05) is 11.9 Å². The molecule has 0 fully saturated rings. The number of para-hydroxylation sites is 2. The second-order valence-electron chi connectivity index (χ2n) is 7.51. The Labute approximate surface area is 184 Å². The highest BCUT2D eigenvalue weighted by Crippen LogP contribution is 2.37. The molecular formula is C26H20N2O4. The molecule has 1 amide bonds. The van der Waals surface area contributed by atoms with Crippen LogP contribution >= 0.6 is 0 Å². The van der Waals surface area contributed by atoms with Gasteiger partial charge in [-0.25, -0.2) is 9.78 Å². The highest BCUT2D eigenvalue weighted by atomic mass is 16.5. The van der Waals surface area contributed by atoms with Gasteiger partial charge in [-0.05, 0) is 60.4 Å². The van der Waals surface area contributed by atoms with Gasteiger partial charge in [-0.15, -0.1) is 0 Å². The molecule has 1 aliphatic carbocycles. The molecule has 2 heterocycles. The fourth-order valence-electron chi connectivity index (χ4n) is 3.98. The van der Waals surface area contributed by atoms with Gasteiger partial charge in [-0.2, -0.15) is 0 Å². The quantitative estimate of drug-likeness (QED) is 0.450. The number of furan rings is 1. The lowest BCUT2D eigenvalue weighted by Crippen LogP contribution is -2.21. The fraction of sp³-hybridized carbons (Fsp3) is 0.115. The minimum Gasteiger partial charge on any atom is -0.465 e. The number of rotatable bonds is 5. The molecular weight excluding hydrogens is 404 g/mol. The summed E-state index contributed by atoms with van der Waals surface area (Å²) < 4.78 is 10.9. The number of nitrogens with zero attached hydrogens (tertiary/aromatic N) is 1. The first-order valence-electron chi connectivity index (χ1n) is 10.4. The summed E-state index contributed by atoms with van der Waals surface area (Å²) in [5, 5.41) is 3.44. The lowest BCUT2D eigenvalue weighted by atomic mass is 10.0. The predicted molar refractivity (Wildman–Crippen MR) is 122 cm³/mol. The third kappa shape index (κ3) is 3.90. The van der Waals surface area contributed by atoms with Crippen LogP contribution in [0.5, 0.6) is 0 Å². The number of anilines is 1. The van der Waals surface area contributed by atoms with Gasteiger partial charge in [0.25, 0.3) is 5.91 Å². The Morgan fingerprint density at radius 1 is 1.00 bits per heavy atom. The summed E-state index contributed by atoms with van der Waals surface area (Å²) in [5.41, 5.74) is 4.46. The van der Waals surface area contributed by atoms with Gasteiger partial charge in [-0.3, -0.25) is 4.79 Å². The summed E-state index contributed by atoms with van der Waals surface area (Å²) in [7, 11) is 0. The summed E-state index contributed by atoms with van der Waals surface area (Å²) in [6, 6.07) is 20.2. The number of hydrogen-bond acceptors (Lipinski definition) is 5. The maximum absolute atomic E-state index is 13.1. The van der Waals surface area contributed by atoms with E-state index < -0.39 is 11.9 Å². The zero-order chi connectivity index (χ0) is 21.9. The van der Waals surface area contributed by atoms with Gasteiger partial charge in [0.1, 0.15) is 5.76 Å². The lowest BCUT2D eigenvalue weighted by molar-refractivity contribution is -0.119. The molecule has 158 valence electrons. The van der Waals surface area contributed by atoms with Crippen molar-refractivity contribution < 1.29 is 18.7 Å². The third-order valence-corrected chi connectivity index (χ3v) is 5.40. The molecule has 0 spiro atoms. The van der Waals surface area contributed by atoms with Crippen molar-refractivity contribution in [1.82, 2.24) is 4.98 Å². The van der Waals surface area contributed by atoms with Gasteiger partial charge in [0, 0.05) is 11.1 Å². The fourth-order valence-corrected chi connectivity index (χ4v) is 3.98. The second kappa shape index (κ2) is 8.51. The van der Waals surface area contributed by atoms with E-state index in [9.17, 15) is 9.59 Å². The summed E-state index contributed by atoms with van der Waals surface area (Å²) in [6.07, 6.45) is 4.99. The molecule has 2 aromatic carbocycles. The Bertz CT molecular complexity index is 1320. The SMILES string of the molecule is O=C(COC(=O)c1c2c(nc3ccccc13)C(=Cc1ccco1)CC2)Nc1ccccc1. The molecule has 0 bridgehead atoms. The largest absolute Gasteiger partial charge is 0.465 e. The van der Waals surface area contributed by atoms with E-state index in [0.29, 0.717) is 23.2 Å². The first-order chi connectivity index (χ1) is 15.7. The average molecular weight is 424 g/mol. The minimum atomic E-state index is -0.526. The molecule has 6 heteroatoms. The van der Waals surface area contributed by atoms with E-state index in [1.54, 1.807) is 18.4 Å². The summed E-state index contributed by atoms with van der Waals surface area (Å²) in [4.78, 5) is 30.2. The number of allylic oxidation sites excluding steroid dienone is 1. The van der Waals surface area contributed by atoms with Gasteiger partial charge in [-0.1, -0.05) is 36.4 Å². The van der Waals surface area contributed by atoms with Crippen LogP contribution in [0.15, 0.2) is 77.4 Å². The molecule has 32 heavy (non-hydrogen) atoms. The Morgan fingerprint density at radius 3 is 2.62 bits per heavy atom. The Balaban J connectivity index is 1.44. The number of hydrogen-bond donors (Lipinski definition) is 1. The van der Waals surface area contributed by atoms with Crippen molar-refractivity contribution in [3.05, 3.63) is 95.6 Å². The van der Waals surface area contributed by atoms with E-state index in [1.807, 2.05) is 60.7 Å². The number of pyridine rings is 1. The number of benzene rings is 2. The van der Waals surface area contributed by atoms with E-state index in [-0.39, 0.29) is 6.61 Å². The van der Waals surface area contributed by atoms with Gasteiger partial charge in [0.15, 0.2) is 6.61 Å². The molecule has 0 aliphatic heterocycles. The standard InChI is InChI=1S/C26H20N2O4/c29-23(27-18-7-2-1-3-8-18)16-32-26(30)24-20-10-4-5-11-22(20)28-25-17(12-13-21(24)25)15-19-9-6-14-31-19/h1-11,14-15H,12-13,16H2,(H,27,29). The molecule has 1 aliphatic rings. The smallest absolute Gasteiger partial charge is 0.339 e. The zero-order valence-electron chi connectivity index (χ0n) is 17.2. The summed E-state index contributed by atoms with van der Waals surface area (Å²) in [6.45, 7) is -0.367. The number of fused-ring (bicyclic) bond motifs is 2.